The van der Waals surface area contributed by atoms with E-state index in [0.717, 1.165) is 219 Å². The molecule has 0 aliphatic heterocycles. The zero-order valence-corrected chi connectivity index (χ0v) is 80.9. The van der Waals surface area contributed by atoms with E-state index in [0.29, 0.717) is 34.2 Å². The lowest BCUT2D eigenvalue weighted by Crippen LogP contribution is -2.01. The number of nitrogens with zero attached hydrogens (tertiary/aromatic N) is 15. The molecule has 18 aromatic carbocycles. The van der Waals surface area contributed by atoms with E-state index >= 15 is 0 Å². The van der Waals surface area contributed by atoms with Crippen LogP contribution in [0.25, 0.3) is 237 Å². The Morgan fingerprint density at radius 1 is 0.107 bits per heavy atom. The van der Waals surface area contributed by atoms with Gasteiger partial charge in [0.2, 0.25) is 0 Å². The fourth-order valence-corrected chi connectivity index (χ4v) is 18.1. The number of nitriles is 3. The Bertz CT molecular complexity index is 8680. The van der Waals surface area contributed by atoms with Gasteiger partial charge in [-0.15, -0.1) is 0 Å². The molecule has 15 heteroatoms. The standard InChI is InChI=1S/3C45H29N5/c46-30-31-14-13-23-38(28-31)40-29-39(47-45(48-40)37-21-11-4-12-22-37)32-24-26-36(27-25-32)44-43(35-19-9-3-10-20-35)49-41(33-15-5-1-6-16-33)42(50-44)34-17-7-2-8-18-34;46-30-31-14-13-23-38(28-31)40-29-39(32-15-5-1-6-16-32)47-45(48-40)37-26-24-36(25-27-37)44-43(35-21-11-4-12-22-35)49-41(33-17-7-2-8-18-33)42(50-44)34-19-9-3-10-20-34;46-30-31-21-23-33(24-22-31)40-29-39(32-13-5-1-6-14-32)47-45(48-40)38-27-25-37(26-28-38)44-43(36-19-11-4-12-20-36)49-41(34-15-7-2-8-16-34)42(50-44)35-17-9-3-10-18-35/h3*1-29H. The van der Waals surface area contributed by atoms with Gasteiger partial charge in [-0.1, -0.05) is 473 Å². The first kappa shape index (κ1) is 93.9. The fraction of sp³-hybridized carbons (Fsp3) is 0. The van der Waals surface area contributed by atoms with Crippen LogP contribution in [-0.4, -0.2) is 59.8 Å². The maximum atomic E-state index is 9.55. The number of hydrogen-bond acceptors (Lipinski definition) is 15. The van der Waals surface area contributed by atoms with Gasteiger partial charge in [-0.3, -0.25) is 0 Å². The van der Waals surface area contributed by atoms with Gasteiger partial charge in [-0.05, 0) is 54.6 Å². The van der Waals surface area contributed by atoms with Crippen molar-refractivity contribution < 1.29 is 0 Å². The maximum absolute atomic E-state index is 9.55. The van der Waals surface area contributed by atoms with Crippen molar-refractivity contribution in [3.8, 4) is 255 Å². The number of rotatable bonds is 21. The summed E-state index contributed by atoms with van der Waals surface area (Å²) in [4.78, 5) is 62.1. The van der Waals surface area contributed by atoms with Crippen molar-refractivity contribution in [2.24, 2.45) is 0 Å². The molecule has 0 atom stereocenters. The number of aromatic nitrogens is 12. The second-order valence-corrected chi connectivity index (χ2v) is 35.4. The van der Waals surface area contributed by atoms with Gasteiger partial charge in [0.05, 0.1) is 137 Å². The zero-order valence-electron chi connectivity index (χ0n) is 80.9. The summed E-state index contributed by atoms with van der Waals surface area (Å²) < 4.78 is 0. The van der Waals surface area contributed by atoms with Crippen LogP contribution >= 0.6 is 0 Å². The van der Waals surface area contributed by atoms with Gasteiger partial charge in [0.1, 0.15) is 0 Å². The van der Waals surface area contributed by atoms with Gasteiger partial charge in [0, 0.05) is 117 Å². The molecule has 0 amide bonds. The van der Waals surface area contributed by atoms with Crippen molar-refractivity contribution in [1.29, 1.82) is 15.8 Å². The lowest BCUT2D eigenvalue weighted by Gasteiger charge is -2.16. The summed E-state index contributed by atoms with van der Waals surface area (Å²) in [6, 6.07) is 182. The van der Waals surface area contributed by atoms with Gasteiger partial charge in [-0.25, -0.2) is 59.8 Å². The third kappa shape index (κ3) is 21.1. The van der Waals surface area contributed by atoms with Crippen molar-refractivity contribution in [1.82, 2.24) is 59.8 Å². The molecule has 0 fully saturated rings. The Morgan fingerprint density at radius 2 is 0.247 bits per heavy atom. The predicted molar refractivity (Wildman–Crippen MR) is 601 cm³/mol. The van der Waals surface area contributed by atoms with Crippen LogP contribution in [0.3, 0.4) is 0 Å². The fourth-order valence-electron chi connectivity index (χ4n) is 18.1. The Labute approximate surface area is 869 Å². The Kier molecular flexibility index (Phi) is 27.6. The minimum absolute atomic E-state index is 0.580. The van der Waals surface area contributed by atoms with Crippen LogP contribution in [0.1, 0.15) is 16.7 Å². The monoisotopic (exact) mass is 1920 g/mol. The van der Waals surface area contributed by atoms with Gasteiger partial charge < -0.3 is 0 Å². The van der Waals surface area contributed by atoms with Crippen molar-refractivity contribution in [3.05, 3.63) is 544 Å². The summed E-state index contributed by atoms with van der Waals surface area (Å²) >= 11 is 0. The van der Waals surface area contributed by atoms with E-state index in [4.69, 9.17) is 59.8 Å². The first-order valence-corrected chi connectivity index (χ1v) is 49.1. The normalized spacial score (nSPS) is 10.8. The average Bonchev–Trinajstić information content (AvgIpc) is 0.768. The van der Waals surface area contributed by atoms with Crippen molar-refractivity contribution in [2.45, 2.75) is 0 Å². The number of hydrogen-bond donors (Lipinski definition) is 0. The molecule has 15 nitrogen and oxygen atoms in total. The second-order valence-electron chi connectivity index (χ2n) is 35.4. The van der Waals surface area contributed by atoms with E-state index in [9.17, 15) is 15.8 Å². The van der Waals surface area contributed by atoms with E-state index in [2.05, 4.69) is 176 Å². The van der Waals surface area contributed by atoms with Crippen LogP contribution < -0.4 is 0 Å². The maximum Gasteiger partial charge on any atom is 0.160 e. The molecule has 702 valence electrons. The van der Waals surface area contributed by atoms with Crippen molar-refractivity contribution >= 4 is 0 Å². The Hall–Kier alpha value is -21.1. The molecule has 6 aromatic heterocycles. The molecule has 0 saturated carbocycles. The highest BCUT2D eigenvalue weighted by atomic mass is 14.9. The summed E-state index contributed by atoms with van der Waals surface area (Å²) in [6.45, 7) is 0. The quantitative estimate of drug-likeness (QED) is 0.0652. The smallest absolute Gasteiger partial charge is 0.160 e. The molecular weight excluding hydrogens is 1830 g/mol. The first-order chi connectivity index (χ1) is 74.2. The highest BCUT2D eigenvalue weighted by molar-refractivity contribution is 5.92. The van der Waals surface area contributed by atoms with Crippen LogP contribution in [0.15, 0.2) is 528 Å². The molecule has 0 aliphatic carbocycles. The molecule has 24 aromatic rings. The third-order valence-corrected chi connectivity index (χ3v) is 25.6. The number of benzene rings is 18. The lowest BCUT2D eigenvalue weighted by molar-refractivity contribution is 1.18. The SMILES string of the molecule is N#Cc1ccc(-c2cc(-c3ccccc3)nc(-c3ccc(-c4nc(-c5ccccc5)c(-c5ccccc5)nc4-c4ccccc4)cc3)n2)cc1.N#Cc1cccc(-c2cc(-c3ccc(-c4nc(-c5ccccc5)c(-c5ccccc5)nc4-c4ccccc4)cc3)nc(-c3ccccc3)n2)c1.N#Cc1cccc(-c2cc(-c3ccccc3)nc(-c3ccc(-c4nc(-c5ccccc5)c(-c5ccccc5)nc4-c4ccccc4)cc3)n2)c1. The average molecular weight is 1920 g/mol. The molecule has 0 bridgehead atoms. The summed E-state index contributed by atoms with van der Waals surface area (Å²) in [5.74, 6) is 1.82. The molecule has 24 rings (SSSR count). The molecule has 0 spiro atoms. The van der Waals surface area contributed by atoms with Crippen LogP contribution in [-0.2, 0) is 0 Å². The van der Waals surface area contributed by atoms with Crippen LogP contribution in [0.4, 0.5) is 0 Å². The van der Waals surface area contributed by atoms with E-state index in [1.807, 2.05) is 358 Å². The van der Waals surface area contributed by atoms with Crippen LogP contribution in [0.2, 0.25) is 0 Å². The molecule has 150 heavy (non-hydrogen) atoms. The van der Waals surface area contributed by atoms with Gasteiger partial charge in [0.15, 0.2) is 17.5 Å². The van der Waals surface area contributed by atoms with Crippen LogP contribution in [0.5, 0.6) is 0 Å². The molecule has 6 heterocycles. The zero-order chi connectivity index (χ0) is 101. The third-order valence-electron chi connectivity index (χ3n) is 25.6. The highest BCUT2D eigenvalue weighted by Crippen LogP contribution is 2.44. The summed E-state index contributed by atoms with van der Waals surface area (Å²) in [6.07, 6.45) is 0. The van der Waals surface area contributed by atoms with Crippen LogP contribution in [0, 0.1) is 34.0 Å². The van der Waals surface area contributed by atoms with Crippen molar-refractivity contribution in [3.63, 3.8) is 0 Å². The molecule has 0 saturated heterocycles. The van der Waals surface area contributed by atoms with E-state index < -0.39 is 0 Å². The van der Waals surface area contributed by atoms with Crippen molar-refractivity contribution in [2.75, 3.05) is 0 Å². The van der Waals surface area contributed by atoms with Gasteiger partial charge >= 0.3 is 0 Å². The van der Waals surface area contributed by atoms with E-state index in [-0.39, 0.29) is 0 Å². The van der Waals surface area contributed by atoms with E-state index in [1.54, 1.807) is 12.1 Å². The molecular formula is C135H87N15. The first-order valence-electron chi connectivity index (χ1n) is 49.1. The summed E-state index contributed by atoms with van der Waals surface area (Å²) in [5.41, 5.74) is 36.2. The molecule has 0 aliphatic rings. The Balaban J connectivity index is 0.000000127. The molecule has 0 N–H and O–H groups in total. The van der Waals surface area contributed by atoms with Gasteiger partial charge in [0.25, 0.3) is 0 Å². The molecule has 0 radical (unpaired) electrons. The second kappa shape index (κ2) is 44.2. The predicted octanol–water partition coefficient (Wildman–Crippen LogP) is 32.4. The highest BCUT2D eigenvalue weighted by Gasteiger charge is 2.26. The Morgan fingerprint density at radius 3 is 0.447 bits per heavy atom. The summed E-state index contributed by atoms with van der Waals surface area (Å²) in [5, 5.41) is 28.4. The minimum Gasteiger partial charge on any atom is -0.243 e. The minimum atomic E-state index is 0.580. The topological polar surface area (TPSA) is 226 Å². The van der Waals surface area contributed by atoms with E-state index in [1.165, 1.54) is 0 Å². The molecule has 0 unspecified atom stereocenters. The summed E-state index contributed by atoms with van der Waals surface area (Å²) in [7, 11) is 0. The lowest BCUT2D eigenvalue weighted by atomic mass is 9.98. The van der Waals surface area contributed by atoms with Gasteiger partial charge in [-0.2, -0.15) is 15.8 Å². The largest absolute Gasteiger partial charge is 0.243 e.